The predicted molar refractivity (Wildman–Crippen MR) is 81.7 cm³/mol. The maximum atomic E-state index is 9.74. The highest BCUT2D eigenvalue weighted by molar-refractivity contribution is 5.79. The third-order valence-corrected chi connectivity index (χ3v) is 2.98. The van der Waals surface area contributed by atoms with Crippen LogP contribution in [0.3, 0.4) is 0 Å². The Balaban J connectivity index is 4.02. The lowest BCUT2D eigenvalue weighted by molar-refractivity contribution is -0.133. The smallest absolute Gasteiger partial charge is 0.141 e. The van der Waals surface area contributed by atoms with E-state index in [9.17, 15) is 20.4 Å². The van der Waals surface area contributed by atoms with E-state index in [1.54, 1.807) is 0 Å². The van der Waals surface area contributed by atoms with Crippen molar-refractivity contribution in [1.29, 1.82) is 0 Å². The van der Waals surface area contributed by atoms with Crippen molar-refractivity contribution in [3.63, 3.8) is 0 Å². The van der Waals surface area contributed by atoms with Crippen LogP contribution in [0, 0.1) is 0 Å². The van der Waals surface area contributed by atoms with Gasteiger partial charge >= 0.3 is 0 Å². The van der Waals surface area contributed by atoms with E-state index in [-0.39, 0.29) is 50.9 Å². The Kier molecular flexibility index (Phi) is 11.8. The van der Waals surface area contributed by atoms with Gasteiger partial charge in [-0.05, 0) is 0 Å². The topological polar surface area (TPSA) is 217 Å². The molecule has 0 rings (SSSR count). The van der Waals surface area contributed by atoms with Crippen LogP contribution < -0.4 is 11.5 Å². The first-order valence-corrected chi connectivity index (χ1v) is 7.14. The van der Waals surface area contributed by atoms with E-state index in [4.69, 9.17) is 31.4 Å². The van der Waals surface area contributed by atoms with E-state index in [2.05, 4.69) is 10.3 Å². The number of aliphatic hydroxyl groups is 4. The predicted octanol–water partition coefficient (Wildman–Crippen LogP) is -3.26. The lowest BCUT2D eigenvalue weighted by atomic mass is 10.0. The van der Waals surface area contributed by atoms with Crippen molar-refractivity contribution < 1.29 is 40.3 Å². The van der Waals surface area contributed by atoms with Gasteiger partial charge in [-0.25, -0.2) is 0 Å². The van der Waals surface area contributed by atoms with Crippen LogP contribution >= 0.6 is 0 Å². The van der Waals surface area contributed by atoms with Crippen LogP contribution in [0.15, 0.2) is 10.3 Å². The summed E-state index contributed by atoms with van der Waals surface area (Å²) in [5.41, 5.74) is 10.4. The Hall–Kier alpha value is -1.70. The number of hydrogen-bond acceptors (Lipinski definition) is 10. The number of nitrogens with two attached hydrogens (primary N) is 2. The first-order chi connectivity index (χ1) is 11.3. The molecule has 0 bridgehead atoms. The minimum Gasteiger partial charge on any atom is -0.409 e. The van der Waals surface area contributed by atoms with Crippen LogP contribution in [-0.2, 0) is 9.47 Å². The minimum absolute atomic E-state index is 0.0370. The maximum Gasteiger partial charge on any atom is 0.141 e. The summed E-state index contributed by atoms with van der Waals surface area (Å²) in [7, 11) is 0. The summed E-state index contributed by atoms with van der Waals surface area (Å²) in [5.74, 6) is -0.103. The number of oxime groups is 2. The average Bonchev–Trinajstić information content (AvgIpc) is 2.59. The van der Waals surface area contributed by atoms with Gasteiger partial charge < -0.3 is 51.8 Å². The second-order valence-corrected chi connectivity index (χ2v) is 4.95. The fraction of sp³-hybridized carbons (Fsp3) is 0.833. The molecule has 12 heteroatoms. The highest BCUT2D eigenvalue weighted by atomic mass is 16.5. The summed E-state index contributed by atoms with van der Waals surface area (Å²) in [6.45, 7) is -0.577. The second kappa shape index (κ2) is 12.7. The molecular weight excluding hydrogens is 328 g/mol. The van der Waals surface area contributed by atoms with Gasteiger partial charge in [0.25, 0.3) is 0 Å². The van der Waals surface area contributed by atoms with Gasteiger partial charge in [0.15, 0.2) is 0 Å². The molecule has 4 atom stereocenters. The Bertz CT molecular complexity index is 359. The second-order valence-electron chi connectivity index (χ2n) is 4.95. The van der Waals surface area contributed by atoms with Crippen LogP contribution in [-0.4, -0.2) is 93.4 Å². The highest BCUT2D eigenvalue weighted by Gasteiger charge is 2.30. The van der Waals surface area contributed by atoms with Gasteiger partial charge in [0.1, 0.15) is 36.1 Å². The van der Waals surface area contributed by atoms with Gasteiger partial charge in [0.2, 0.25) is 0 Å². The van der Waals surface area contributed by atoms with E-state index in [1.807, 2.05) is 0 Å². The Morgan fingerprint density at radius 3 is 1.38 bits per heavy atom. The average molecular weight is 354 g/mol. The molecule has 10 N–H and O–H groups in total. The number of amidine groups is 2. The van der Waals surface area contributed by atoms with E-state index in [0.29, 0.717) is 0 Å². The Morgan fingerprint density at radius 2 is 1.08 bits per heavy atom. The fourth-order valence-electron chi connectivity index (χ4n) is 1.51. The normalized spacial score (nSPS) is 18.2. The Labute approximate surface area is 138 Å². The zero-order chi connectivity index (χ0) is 18.5. The Morgan fingerprint density at radius 1 is 0.750 bits per heavy atom. The lowest BCUT2D eigenvalue weighted by Gasteiger charge is -2.26. The monoisotopic (exact) mass is 354 g/mol. The van der Waals surface area contributed by atoms with Crippen LogP contribution in [0.25, 0.3) is 0 Å². The molecule has 0 aromatic heterocycles. The van der Waals surface area contributed by atoms with Crippen molar-refractivity contribution >= 4 is 11.7 Å². The molecule has 24 heavy (non-hydrogen) atoms. The molecule has 0 aromatic rings. The van der Waals surface area contributed by atoms with E-state index in [1.165, 1.54) is 0 Å². The summed E-state index contributed by atoms with van der Waals surface area (Å²) < 4.78 is 10.00. The molecule has 142 valence electrons. The molecule has 0 spiro atoms. The van der Waals surface area contributed by atoms with Crippen LogP contribution in [0.5, 0.6) is 0 Å². The van der Waals surface area contributed by atoms with Crippen molar-refractivity contribution in [1.82, 2.24) is 0 Å². The van der Waals surface area contributed by atoms with Gasteiger partial charge in [-0.15, -0.1) is 0 Å². The fourth-order valence-corrected chi connectivity index (χ4v) is 1.51. The third-order valence-electron chi connectivity index (χ3n) is 2.98. The number of ether oxygens (including phenoxy) is 2. The highest BCUT2D eigenvalue weighted by Crippen LogP contribution is 2.07. The van der Waals surface area contributed by atoms with E-state index >= 15 is 0 Å². The molecule has 4 unspecified atom stereocenters. The number of hydrogen-bond donors (Lipinski definition) is 8. The minimum atomic E-state index is -1.67. The molecular formula is C12H26N4O8. The van der Waals surface area contributed by atoms with Gasteiger partial charge in [-0.3, -0.25) is 0 Å². The third kappa shape index (κ3) is 9.44. The zero-order valence-corrected chi connectivity index (χ0v) is 13.1. The summed E-state index contributed by atoms with van der Waals surface area (Å²) in [6, 6.07) is 0. The molecule has 0 aliphatic heterocycles. The molecule has 0 aromatic carbocycles. The molecule has 0 saturated heterocycles. The van der Waals surface area contributed by atoms with Crippen molar-refractivity contribution in [2.24, 2.45) is 21.8 Å². The number of rotatable bonds is 13. The van der Waals surface area contributed by atoms with E-state index < -0.39 is 24.4 Å². The van der Waals surface area contributed by atoms with Crippen LogP contribution in [0.2, 0.25) is 0 Å². The van der Waals surface area contributed by atoms with Gasteiger partial charge in [-0.2, -0.15) is 0 Å². The molecule has 0 radical (unpaired) electrons. The van der Waals surface area contributed by atoms with Gasteiger partial charge in [-0.1, -0.05) is 10.3 Å². The number of aliphatic hydroxyl groups excluding tert-OH is 4. The lowest BCUT2D eigenvalue weighted by Crippen LogP contribution is -2.47. The van der Waals surface area contributed by atoms with Crippen molar-refractivity contribution in [3.8, 4) is 0 Å². The largest absolute Gasteiger partial charge is 0.409 e. The summed E-state index contributed by atoms with van der Waals surface area (Å²) >= 11 is 0. The molecule has 0 saturated carbocycles. The van der Waals surface area contributed by atoms with Crippen LogP contribution in [0.1, 0.15) is 12.8 Å². The molecule has 0 amide bonds. The van der Waals surface area contributed by atoms with Crippen LogP contribution in [0.4, 0.5) is 0 Å². The van der Waals surface area contributed by atoms with Crippen molar-refractivity contribution in [3.05, 3.63) is 0 Å². The quantitative estimate of drug-likeness (QED) is 0.0542. The number of nitrogens with zero attached hydrogens (tertiary/aromatic N) is 2. The summed E-state index contributed by atoms with van der Waals surface area (Å²) in [6.07, 6.45) is -6.01. The SMILES string of the molecule is NC(CCOCC(O)C(O)C(O)C(O)COCCC(N)=NO)=NO. The summed E-state index contributed by atoms with van der Waals surface area (Å²) in [4.78, 5) is 0. The first kappa shape index (κ1) is 22.3. The van der Waals surface area contributed by atoms with E-state index in [0.717, 1.165) is 0 Å². The molecule has 12 nitrogen and oxygen atoms in total. The van der Waals surface area contributed by atoms with Crippen molar-refractivity contribution in [2.45, 2.75) is 37.3 Å². The molecule has 0 fully saturated rings. The first-order valence-electron chi connectivity index (χ1n) is 7.14. The standard InChI is InChI=1S/C12H26N4O8/c13-9(15-21)1-3-23-5-7(17)11(19)12(20)8(18)6-24-4-2-10(14)16-22/h7-8,11-12,17-22H,1-6H2,(H2,13,15)(H2,14,16). The zero-order valence-electron chi connectivity index (χ0n) is 13.1. The van der Waals surface area contributed by atoms with Crippen molar-refractivity contribution in [2.75, 3.05) is 26.4 Å². The molecule has 0 heterocycles. The van der Waals surface area contributed by atoms with Gasteiger partial charge in [0, 0.05) is 12.8 Å². The molecule has 0 aliphatic rings. The maximum absolute atomic E-state index is 9.74. The van der Waals surface area contributed by atoms with Gasteiger partial charge in [0.05, 0.1) is 26.4 Å². The summed E-state index contributed by atoms with van der Waals surface area (Å²) in [5, 5.41) is 60.9. The molecule has 0 aliphatic carbocycles.